The molecule has 0 saturated carbocycles. The molecule has 0 unspecified atom stereocenters. The van der Waals surface area contributed by atoms with Crippen LogP contribution in [0.25, 0.3) is 10.9 Å². The predicted molar refractivity (Wildman–Crippen MR) is 76.9 cm³/mol. The Morgan fingerprint density at radius 1 is 1.16 bits per heavy atom. The number of hydrogen-bond acceptors (Lipinski definition) is 1. The van der Waals surface area contributed by atoms with Crippen LogP contribution in [0.1, 0.15) is 5.56 Å². The van der Waals surface area contributed by atoms with Gasteiger partial charge in [-0.3, -0.25) is 0 Å². The molecule has 0 spiro atoms. The summed E-state index contributed by atoms with van der Waals surface area (Å²) in [6.45, 7) is 0.537. The number of nitrogens with zero attached hydrogens (tertiary/aromatic N) is 1. The zero-order valence-corrected chi connectivity index (χ0v) is 10.9. The SMILES string of the molecule is Nc1cc(F)cc(Cn2cc(Cl)c3ccccc32)c1. The molecule has 2 nitrogen and oxygen atoms in total. The zero-order chi connectivity index (χ0) is 13.4. The van der Waals surface area contributed by atoms with E-state index in [1.807, 2.05) is 35.0 Å². The Morgan fingerprint density at radius 2 is 1.95 bits per heavy atom. The van der Waals surface area contributed by atoms with Gasteiger partial charge >= 0.3 is 0 Å². The van der Waals surface area contributed by atoms with E-state index in [0.717, 1.165) is 16.5 Å². The van der Waals surface area contributed by atoms with E-state index in [9.17, 15) is 4.39 Å². The van der Waals surface area contributed by atoms with Crippen LogP contribution < -0.4 is 5.73 Å². The van der Waals surface area contributed by atoms with Crippen LogP contribution in [-0.4, -0.2) is 4.57 Å². The minimum absolute atomic E-state index is 0.322. The second-order valence-corrected chi connectivity index (χ2v) is 4.92. The summed E-state index contributed by atoms with van der Waals surface area (Å²) in [5, 5.41) is 1.69. The third-order valence-corrected chi connectivity index (χ3v) is 3.37. The molecule has 0 fully saturated rings. The number of fused-ring (bicyclic) bond motifs is 1. The predicted octanol–water partition coefficient (Wildman–Crippen LogP) is 4.06. The molecule has 1 aromatic heterocycles. The summed E-state index contributed by atoms with van der Waals surface area (Å²) < 4.78 is 15.3. The molecule has 2 N–H and O–H groups in total. The lowest BCUT2D eigenvalue weighted by atomic mass is 10.2. The van der Waals surface area contributed by atoms with Gasteiger partial charge in [-0.2, -0.15) is 0 Å². The maximum Gasteiger partial charge on any atom is 0.125 e. The highest BCUT2D eigenvalue weighted by Gasteiger charge is 2.07. The summed E-state index contributed by atoms with van der Waals surface area (Å²) in [6, 6.07) is 12.4. The fourth-order valence-corrected chi connectivity index (χ4v) is 2.57. The van der Waals surface area contributed by atoms with Crippen LogP contribution in [0.3, 0.4) is 0 Å². The second kappa shape index (κ2) is 4.59. The van der Waals surface area contributed by atoms with Gasteiger partial charge in [0, 0.05) is 29.3 Å². The van der Waals surface area contributed by atoms with E-state index in [0.29, 0.717) is 17.3 Å². The van der Waals surface area contributed by atoms with E-state index in [1.54, 1.807) is 6.07 Å². The smallest absolute Gasteiger partial charge is 0.125 e. The van der Waals surface area contributed by atoms with Crippen molar-refractivity contribution in [1.29, 1.82) is 0 Å². The van der Waals surface area contributed by atoms with Gasteiger partial charge in [-0.1, -0.05) is 29.8 Å². The number of halogens is 2. The van der Waals surface area contributed by atoms with Gasteiger partial charge in [0.1, 0.15) is 5.82 Å². The van der Waals surface area contributed by atoms with Gasteiger partial charge in [0.25, 0.3) is 0 Å². The number of rotatable bonds is 2. The Hall–Kier alpha value is -2.00. The number of nitrogen functional groups attached to an aromatic ring is 1. The van der Waals surface area contributed by atoms with Gasteiger partial charge < -0.3 is 10.3 Å². The first-order valence-corrected chi connectivity index (χ1v) is 6.29. The fraction of sp³-hybridized carbons (Fsp3) is 0.0667. The van der Waals surface area contributed by atoms with Crippen molar-refractivity contribution < 1.29 is 4.39 Å². The maximum atomic E-state index is 13.3. The molecule has 0 atom stereocenters. The molecule has 0 aliphatic carbocycles. The zero-order valence-electron chi connectivity index (χ0n) is 10.1. The van der Waals surface area contributed by atoms with E-state index in [4.69, 9.17) is 17.3 Å². The van der Waals surface area contributed by atoms with Crippen molar-refractivity contribution in [2.45, 2.75) is 6.54 Å². The van der Waals surface area contributed by atoms with Gasteiger partial charge in [0.15, 0.2) is 0 Å². The third kappa shape index (κ3) is 2.29. The van der Waals surface area contributed by atoms with E-state index >= 15 is 0 Å². The van der Waals surface area contributed by atoms with Crippen molar-refractivity contribution in [1.82, 2.24) is 4.57 Å². The average molecular weight is 275 g/mol. The summed E-state index contributed by atoms with van der Waals surface area (Å²) in [6.07, 6.45) is 1.85. The Balaban J connectivity index is 2.06. The van der Waals surface area contributed by atoms with Gasteiger partial charge in [0.2, 0.25) is 0 Å². The molecular formula is C15H12ClFN2. The summed E-state index contributed by atoms with van der Waals surface area (Å²) in [4.78, 5) is 0. The summed E-state index contributed by atoms with van der Waals surface area (Å²) in [5.41, 5.74) is 7.92. The highest BCUT2D eigenvalue weighted by molar-refractivity contribution is 6.35. The van der Waals surface area contributed by atoms with Crippen molar-refractivity contribution in [2.75, 3.05) is 5.73 Å². The Labute approximate surface area is 115 Å². The normalized spacial score (nSPS) is 11.1. The summed E-state index contributed by atoms with van der Waals surface area (Å²) in [5.74, 6) is -0.322. The molecule has 19 heavy (non-hydrogen) atoms. The van der Waals surface area contributed by atoms with Crippen LogP contribution in [-0.2, 0) is 6.54 Å². The van der Waals surface area contributed by atoms with Crippen molar-refractivity contribution in [2.24, 2.45) is 0 Å². The molecule has 0 radical (unpaired) electrons. The van der Waals surface area contributed by atoms with Gasteiger partial charge in [-0.15, -0.1) is 0 Å². The largest absolute Gasteiger partial charge is 0.399 e. The molecule has 0 amide bonds. The van der Waals surface area contributed by atoms with Crippen LogP contribution in [0.5, 0.6) is 0 Å². The summed E-state index contributed by atoms with van der Waals surface area (Å²) in [7, 11) is 0. The Morgan fingerprint density at radius 3 is 2.74 bits per heavy atom. The fourth-order valence-electron chi connectivity index (χ4n) is 2.30. The van der Waals surface area contributed by atoms with Crippen LogP contribution >= 0.6 is 11.6 Å². The van der Waals surface area contributed by atoms with Crippen LogP contribution in [0.15, 0.2) is 48.7 Å². The molecule has 96 valence electrons. The lowest BCUT2D eigenvalue weighted by Gasteiger charge is -2.06. The van der Waals surface area contributed by atoms with Gasteiger partial charge in [-0.25, -0.2) is 4.39 Å². The number of para-hydroxylation sites is 1. The molecule has 1 heterocycles. The Bertz CT molecular complexity index is 729. The number of anilines is 1. The van der Waals surface area contributed by atoms with Crippen molar-refractivity contribution >= 4 is 28.2 Å². The minimum atomic E-state index is -0.322. The van der Waals surface area contributed by atoms with Crippen molar-refractivity contribution in [3.8, 4) is 0 Å². The highest BCUT2D eigenvalue weighted by atomic mass is 35.5. The van der Waals surface area contributed by atoms with Gasteiger partial charge in [-0.05, 0) is 29.8 Å². The molecule has 0 aliphatic rings. The van der Waals surface area contributed by atoms with Crippen molar-refractivity contribution in [3.63, 3.8) is 0 Å². The quantitative estimate of drug-likeness (QED) is 0.702. The van der Waals surface area contributed by atoms with E-state index in [2.05, 4.69) is 0 Å². The molecule has 0 saturated heterocycles. The lowest BCUT2D eigenvalue weighted by molar-refractivity contribution is 0.625. The standard InChI is InChI=1S/C15H12ClFN2/c16-14-9-19(15-4-2-1-3-13(14)15)8-10-5-11(17)7-12(18)6-10/h1-7,9H,8,18H2. The molecule has 4 heteroatoms. The second-order valence-electron chi connectivity index (χ2n) is 4.51. The molecule has 3 aromatic rings. The highest BCUT2D eigenvalue weighted by Crippen LogP contribution is 2.26. The molecular weight excluding hydrogens is 263 g/mol. The molecule has 0 aliphatic heterocycles. The third-order valence-electron chi connectivity index (χ3n) is 3.07. The molecule has 2 aromatic carbocycles. The first-order chi connectivity index (χ1) is 9.13. The number of aromatic nitrogens is 1. The van der Waals surface area contributed by atoms with Crippen molar-refractivity contribution in [3.05, 3.63) is 65.1 Å². The van der Waals surface area contributed by atoms with E-state index in [1.165, 1.54) is 12.1 Å². The average Bonchev–Trinajstić information content (AvgIpc) is 2.66. The maximum absolute atomic E-state index is 13.3. The topological polar surface area (TPSA) is 30.9 Å². The van der Waals surface area contributed by atoms with E-state index < -0.39 is 0 Å². The Kier molecular flexibility index (Phi) is 2.91. The number of benzene rings is 2. The van der Waals surface area contributed by atoms with E-state index in [-0.39, 0.29) is 5.82 Å². The molecule has 0 bridgehead atoms. The van der Waals surface area contributed by atoms with Gasteiger partial charge in [0.05, 0.1) is 5.02 Å². The first kappa shape index (κ1) is 12.1. The van der Waals surface area contributed by atoms with Crippen LogP contribution in [0, 0.1) is 5.82 Å². The number of hydrogen-bond donors (Lipinski definition) is 1. The lowest BCUT2D eigenvalue weighted by Crippen LogP contribution is -1.99. The monoisotopic (exact) mass is 274 g/mol. The summed E-state index contributed by atoms with van der Waals surface area (Å²) >= 11 is 6.19. The minimum Gasteiger partial charge on any atom is -0.399 e. The molecule has 3 rings (SSSR count). The van der Waals surface area contributed by atoms with Crippen LogP contribution in [0.4, 0.5) is 10.1 Å². The van der Waals surface area contributed by atoms with Crippen LogP contribution in [0.2, 0.25) is 5.02 Å². The number of nitrogens with two attached hydrogens (primary N) is 1. The first-order valence-electron chi connectivity index (χ1n) is 5.92.